The number of rotatable bonds is 6. The van der Waals surface area contributed by atoms with Crippen molar-refractivity contribution >= 4 is 33.3 Å². The number of aliphatic hydroxyl groups is 1. The van der Waals surface area contributed by atoms with Gasteiger partial charge in [0.05, 0.1) is 47.8 Å². The van der Waals surface area contributed by atoms with E-state index in [0.717, 1.165) is 10.9 Å². The van der Waals surface area contributed by atoms with Crippen LogP contribution in [0.2, 0.25) is 0 Å². The number of aliphatic hydroxyl groups excluding tert-OH is 1. The molecule has 4 rings (SSSR count). The van der Waals surface area contributed by atoms with Gasteiger partial charge in [0, 0.05) is 29.8 Å². The van der Waals surface area contributed by atoms with E-state index in [1.165, 1.54) is 13.3 Å². The Morgan fingerprint density at radius 3 is 2.71 bits per heavy atom. The van der Waals surface area contributed by atoms with Gasteiger partial charge in [0.2, 0.25) is 0 Å². The molecule has 0 aliphatic rings. The van der Waals surface area contributed by atoms with Crippen molar-refractivity contribution < 1.29 is 9.84 Å². The molecule has 0 aliphatic heterocycles. The van der Waals surface area contributed by atoms with Crippen molar-refractivity contribution in [3.63, 3.8) is 0 Å². The van der Waals surface area contributed by atoms with E-state index in [2.05, 4.69) is 16.5 Å². The monoisotopic (exact) mass is 458 g/mol. The van der Waals surface area contributed by atoms with Crippen LogP contribution in [0.15, 0.2) is 71.5 Å². The SMILES string of the molecule is C=C(CO)/C(=C\C(=C/N)c1ccc2ncc3c(c2c1)n(-c1ccc(N)nc1C)c(=O)n3C)OC. The van der Waals surface area contributed by atoms with E-state index in [9.17, 15) is 9.90 Å². The highest BCUT2D eigenvalue weighted by Gasteiger charge is 2.18. The van der Waals surface area contributed by atoms with Crippen LogP contribution in [-0.4, -0.2) is 37.9 Å². The Balaban J connectivity index is 2.03. The van der Waals surface area contributed by atoms with Crippen LogP contribution in [0.4, 0.5) is 5.82 Å². The van der Waals surface area contributed by atoms with Crippen LogP contribution >= 0.6 is 0 Å². The number of aromatic nitrogens is 4. The molecule has 4 aromatic rings. The quantitative estimate of drug-likeness (QED) is 0.299. The normalized spacial score (nSPS) is 12.5. The molecule has 0 aliphatic carbocycles. The highest BCUT2D eigenvalue weighted by Crippen LogP contribution is 2.29. The molecule has 9 heteroatoms. The minimum Gasteiger partial charge on any atom is -0.496 e. The van der Waals surface area contributed by atoms with Crippen molar-refractivity contribution in [2.75, 3.05) is 19.5 Å². The first-order valence-electron chi connectivity index (χ1n) is 10.5. The first kappa shape index (κ1) is 22.8. The zero-order valence-electron chi connectivity index (χ0n) is 19.2. The molecule has 0 bridgehead atoms. The fourth-order valence-electron chi connectivity index (χ4n) is 3.96. The van der Waals surface area contributed by atoms with Crippen LogP contribution in [0.3, 0.4) is 0 Å². The van der Waals surface area contributed by atoms with E-state index >= 15 is 0 Å². The Kier molecular flexibility index (Phi) is 5.95. The van der Waals surface area contributed by atoms with Crippen LogP contribution in [0.5, 0.6) is 0 Å². The Labute approximate surface area is 195 Å². The van der Waals surface area contributed by atoms with Gasteiger partial charge in [-0.2, -0.15) is 0 Å². The Morgan fingerprint density at radius 1 is 1.29 bits per heavy atom. The lowest BCUT2D eigenvalue weighted by molar-refractivity contribution is 0.273. The number of methoxy groups -OCH3 is 1. The van der Waals surface area contributed by atoms with Crippen molar-refractivity contribution in [1.82, 2.24) is 19.1 Å². The van der Waals surface area contributed by atoms with Crippen molar-refractivity contribution in [2.45, 2.75) is 6.92 Å². The zero-order chi connectivity index (χ0) is 24.6. The maximum Gasteiger partial charge on any atom is 0.333 e. The van der Waals surface area contributed by atoms with Crippen LogP contribution in [0.25, 0.3) is 33.2 Å². The standard InChI is InChI=1S/C25H26N6O3/c1-14(13-32)22(34-4)10-17(11-26)16-5-6-19-18(9-16)24-21(12-28-19)30(3)25(33)31(24)20-7-8-23(27)29-15(20)2/h5-12,32H,1,13,26H2,2-4H3,(H2,27,29)/b17-11+,22-10+. The number of anilines is 1. The summed E-state index contributed by atoms with van der Waals surface area (Å²) in [7, 11) is 3.21. The van der Waals surface area contributed by atoms with Crippen LogP contribution < -0.4 is 17.2 Å². The largest absolute Gasteiger partial charge is 0.496 e. The van der Waals surface area contributed by atoms with Gasteiger partial charge in [-0.1, -0.05) is 12.6 Å². The first-order valence-corrected chi connectivity index (χ1v) is 10.5. The van der Waals surface area contributed by atoms with E-state index in [4.69, 9.17) is 16.2 Å². The van der Waals surface area contributed by atoms with Gasteiger partial charge in [0.1, 0.15) is 11.6 Å². The lowest BCUT2D eigenvalue weighted by atomic mass is 10.0. The predicted molar refractivity (Wildman–Crippen MR) is 134 cm³/mol. The molecule has 9 nitrogen and oxygen atoms in total. The summed E-state index contributed by atoms with van der Waals surface area (Å²) in [5, 5.41) is 10.2. The number of hydrogen-bond acceptors (Lipinski definition) is 7. The second kappa shape index (κ2) is 8.87. The number of pyridine rings is 2. The van der Waals surface area contributed by atoms with Gasteiger partial charge in [-0.25, -0.2) is 9.78 Å². The molecule has 0 saturated heterocycles. The van der Waals surface area contributed by atoms with Gasteiger partial charge in [0.25, 0.3) is 0 Å². The molecular formula is C25H26N6O3. The summed E-state index contributed by atoms with van der Waals surface area (Å²) < 4.78 is 8.54. The summed E-state index contributed by atoms with van der Waals surface area (Å²) in [6.45, 7) is 5.38. The van der Waals surface area contributed by atoms with E-state index in [0.29, 0.717) is 50.7 Å². The number of aryl methyl sites for hydroxylation is 2. The molecule has 0 fully saturated rings. The predicted octanol–water partition coefficient (Wildman–Crippen LogP) is 2.54. The minimum absolute atomic E-state index is 0.222. The van der Waals surface area contributed by atoms with Crippen LogP contribution in [0.1, 0.15) is 11.3 Å². The third-order valence-electron chi connectivity index (χ3n) is 5.76. The Morgan fingerprint density at radius 2 is 2.06 bits per heavy atom. The number of benzene rings is 1. The Bertz CT molecular complexity index is 1560. The average Bonchev–Trinajstić information content (AvgIpc) is 3.09. The van der Waals surface area contributed by atoms with Gasteiger partial charge >= 0.3 is 5.69 Å². The van der Waals surface area contributed by atoms with Gasteiger partial charge in [0.15, 0.2) is 0 Å². The summed E-state index contributed by atoms with van der Waals surface area (Å²) >= 11 is 0. The van der Waals surface area contributed by atoms with E-state index < -0.39 is 0 Å². The Hall–Kier alpha value is -4.37. The maximum absolute atomic E-state index is 13.3. The van der Waals surface area contributed by atoms with Crippen LogP contribution in [0, 0.1) is 6.92 Å². The second-order valence-corrected chi connectivity index (χ2v) is 7.84. The molecule has 174 valence electrons. The van der Waals surface area contributed by atoms with E-state index in [1.807, 2.05) is 25.1 Å². The number of nitrogens with two attached hydrogens (primary N) is 2. The smallest absolute Gasteiger partial charge is 0.333 e. The highest BCUT2D eigenvalue weighted by molar-refractivity contribution is 6.04. The minimum atomic E-state index is -0.245. The third-order valence-corrected chi connectivity index (χ3v) is 5.76. The molecule has 0 amide bonds. The van der Waals surface area contributed by atoms with Gasteiger partial charge in [-0.05, 0) is 42.8 Å². The number of nitrogen functional groups attached to an aromatic ring is 1. The molecule has 0 unspecified atom stereocenters. The molecule has 1 aromatic carbocycles. The molecule has 0 atom stereocenters. The summed E-state index contributed by atoms with van der Waals surface area (Å²) in [5.41, 5.74) is 16.8. The number of allylic oxidation sites excluding steroid dienone is 2. The fourth-order valence-corrected chi connectivity index (χ4v) is 3.96. The average molecular weight is 459 g/mol. The molecule has 34 heavy (non-hydrogen) atoms. The zero-order valence-corrected chi connectivity index (χ0v) is 19.2. The molecule has 0 spiro atoms. The summed E-state index contributed by atoms with van der Waals surface area (Å²) in [5.74, 6) is 0.794. The number of hydrogen-bond donors (Lipinski definition) is 3. The van der Waals surface area contributed by atoms with Crippen molar-refractivity contribution in [3.8, 4) is 5.69 Å². The van der Waals surface area contributed by atoms with Crippen molar-refractivity contribution in [1.29, 1.82) is 0 Å². The molecule has 5 N–H and O–H groups in total. The molecule has 3 aromatic heterocycles. The first-order chi connectivity index (χ1) is 16.3. The lowest BCUT2D eigenvalue weighted by Gasteiger charge is -2.11. The van der Waals surface area contributed by atoms with Gasteiger partial charge in [-0.15, -0.1) is 0 Å². The maximum atomic E-state index is 13.3. The summed E-state index contributed by atoms with van der Waals surface area (Å²) in [6, 6.07) is 9.12. The van der Waals surface area contributed by atoms with Crippen LogP contribution in [-0.2, 0) is 11.8 Å². The van der Waals surface area contributed by atoms with Gasteiger partial charge in [-0.3, -0.25) is 14.1 Å². The fraction of sp³-hybridized carbons (Fsp3) is 0.160. The van der Waals surface area contributed by atoms with E-state index in [-0.39, 0.29) is 12.3 Å². The second-order valence-electron chi connectivity index (χ2n) is 7.84. The topological polar surface area (TPSA) is 134 Å². The highest BCUT2D eigenvalue weighted by atomic mass is 16.5. The number of nitrogens with zero attached hydrogens (tertiary/aromatic N) is 4. The molecule has 0 radical (unpaired) electrons. The summed E-state index contributed by atoms with van der Waals surface area (Å²) in [6.07, 6.45) is 4.84. The van der Waals surface area contributed by atoms with Crippen molar-refractivity contribution in [2.24, 2.45) is 12.8 Å². The number of ether oxygens (including phenoxy) is 1. The third kappa shape index (κ3) is 3.71. The van der Waals surface area contributed by atoms with Gasteiger partial charge < -0.3 is 21.3 Å². The van der Waals surface area contributed by atoms with Crippen molar-refractivity contribution in [3.05, 3.63) is 88.5 Å². The molecule has 3 heterocycles. The number of fused-ring (bicyclic) bond motifs is 3. The summed E-state index contributed by atoms with van der Waals surface area (Å²) in [4.78, 5) is 22.2. The van der Waals surface area contributed by atoms with E-state index in [1.54, 1.807) is 40.6 Å². The lowest BCUT2D eigenvalue weighted by Crippen LogP contribution is -2.21. The molecule has 0 saturated carbocycles. The number of imidazole rings is 1. The molecular weight excluding hydrogens is 432 g/mol.